The number of allylic oxidation sites excluding steroid dienone is 2. The number of ketones is 2. The van der Waals surface area contributed by atoms with Crippen molar-refractivity contribution in [2.24, 2.45) is 0 Å². The van der Waals surface area contributed by atoms with Gasteiger partial charge in [-0.2, -0.15) is 0 Å². The molecule has 0 spiro atoms. The molecule has 0 atom stereocenters. The Hall–Kier alpha value is -4.62. The molecule has 0 saturated heterocycles. The van der Waals surface area contributed by atoms with E-state index in [-0.39, 0.29) is 44.2 Å². The first kappa shape index (κ1) is 26.0. The number of carboxylic acid groups (broad SMARTS) is 1. The minimum Gasteiger partial charge on any atom is -0.507 e. The second kappa shape index (κ2) is 10.3. The van der Waals surface area contributed by atoms with Crippen molar-refractivity contribution in [3.05, 3.63) is 117 Å². The fraction of sp³-hybridized carbons (Fsp3) is 0.0938. The smallest absolute Gasteiger partial charge is 0.336 e. The minimum absolute atomic E-state index is 0.00476. The summed E-state index contributed by atoms with van der Waals surface area (Å²) in [5.74, 6) is -2.55. The van der Waals surface area contributed by atoms with E-state index in [0.717, 1.165) is 28.5 Å². The Morgan fingerprint density at radius 3 is 2.18 bits per heavy atom. The summed E-state index contributed by atoms with van der Waals surface area (Å²) in [6.07, 6.45) is 0. The third kappa shape index (κ3) is 4.62. The van der Waals surface area contributed by atoms with Crippen LogP contribution in [0.15, 0.2) is 88.7 Å². The largest absolute Gasteiger partial charge is 0.507 e. The molecule has 0 aromatic heterocycles. The summed E-state index contributed by atoms with van der Waals surface area (Å²) in [6, 6.07) is 22.8. The summed E-state index contributed by atoms with van der Waals surface area (Å²) >= 11 is 1.07. The van der Waals surface area contributed by atoms with Crippen LogP contribution in [0.25, 0.3) is 16.7 Å². The molecule has 5 rings (SSSR count). The Balaban J connectivity index is 1.82. The van der Waals surface area contributed by atoms with Gasteiger partial charge in [-0.25, -0.2) is 4.79 Å². The highest BCUT2D eigenvalue weighted by Gasteiger charge is 2.38. The molecule has 1 aliphatic rings. The Morgan fingerprint density at radius 1 is 0.795 bits per heavy atom. The van der Waals surface area contributed by atoms with Crippen molar-refractivity contribution < 1.29 is 29.3 Å². The van der Waals surface area contributed by atoms with Crippen LogP contribution in [-0.4, -0.2) is 34.9 Å². The highest BCUT2D eigenvalue weighted by atomic mass is 32.2. The second-order valence-corrected chi connectivity index (χ2v) is 10.3. The number of fused-ring (bicyclic) bond motifs is 1. The number of aromatic hydroxyl groups is 1. The SMILES string of the molecule is COc1cc(C)cc(C(=O)O)c1C1=C(Sc2ccccc2-c2ccc(C)cc2)C(=O)c2c(O)cccc2C1=O. The van der Waals surface area contributed by atoms with E-state index in [1.807, 2.05) is 55.5 Å². The van der Waals surface area contributed by atoms with E-state index in [2.05, 4.69) is 0 Å². The predicted molar refractivity (Wildman–Crippen MR) is 151 cm³/mol. The van der Waals surface area contributed by atoms with Gasteiger partial charge in [0.25, 0.3) is 0 Å². The van der Waals surface area contributed by atoms with Crippen molar-refractivity contribution in [3.8, 4) is 22.6 Å². The van der Waals surface area contributed by atoms with Gasteiger partial charge in [0.1, 0.15) is 11.5 Å². The lowest BCUT2D eigenvalue weighted by atomic mass is 9.83. The number of aryl methyl sites for hydroxylation is 2. The molecule has 0 heterocycles. The zero-order valence-electron chi connectivity index (χ0n) is 21.4. The van der Waals surface area contributed by atoms with E-state index >= 15 is 0 Å². The maximum Gasteiger partial charge on any atom is 0.336 e. The van der Waals surface area contributed by atoms with Crippen molar-refractivity contribution in [2.75, 3.05) is 7.11 Å². The Bertz CT molecular complexity index is 1700. The van der Waals surface area contributed by atoms with Crippen LogP contribution in [0.4, 0.5) is 0 Å². The molecular formula is C32H24O6S. The molecule has 39 heavy (non-hydrogen) atoms. The second-order valence-electron chi connectivity index (χ2n) is 9.22. The first-order chi connectivity index (χ1) is 18.7. The molecule has 0 aliphatic heterocycles. The van der Waals surface area contributed by atoms with Crippen LogP contribution in [0.2, 0.25) is 0 Å². The molecule has 0 fully saturated rings. The number of thioether (sulfide) groups is 1. The van der Waals surface area contributed by atoms with Gasteiger partial charge < -0.3 is 14.9 Å². The monoisotopic (exact) mass is 536 g/mol. The number of methoxy groups -OCH3 is 1. The molecule has 0 bridgehead atoms. The Kier molecular flexibility index (Phi) is 6.85. The van der Waals surface area contributed by atoms with E-state index in [1.54, 1.807) is 13.0 Å². The van der Waals surface area contributed by atoms with E-state index < -0.39 is 17.5 Å². The van der Waals surface area contributed by atoms with Gasteiger partial charge in [0.15, 0.2) is 5.78 Å². The molecule has 0 saturated carbocycles. The van der Waals surface area contributed by atoms with Crippen LogP contribution in [0.1, 0.15) is 47.8 Å². The lowest BCUT2D eigenvalue weighted by molar-refractivity contribution is 0.0695. The number of aromatic carboxylic acids is 1. The molecule has 4 aromatic carbocycles. The van der Waals surface area contributed by atoms with Crippen LogP contribution in [-0.2, 0) is 0 Å². The van der Waals surface area contributed by atoms with E-state index in [9.17, 15) is 24.6 Å². The van der Waals surface area contributed by atoms with Crippen LogP contribution in [0, 0.1) is 13.8 Å². The quantitative estimate of drug-likeness (QED) is 0.275. The molecule has 0 unspecified atom stereocenters. The third-order valence-electron chi connectivity index (χ3n) is 6.58. The number of carbonyl (C=O) groups excluding carboxylic acids is 2. The van der Waals surface area contributed by atoms with Crippen molar-refractivity contribution in [2.45, 2.75) is 18.7 Å². The summed E-state index contributed by atoms with van der Waals surface area (Å²) in [5.41, 5.74) is 3.18. The summed E-state index contributed by atoms with van der Waals surface area (Å²) < 4.78 is 5.55. The predicted octanol–water partition coefficient (Wildman–Crippen LogP) is 6.97. The standard InChI is InChI=1S/C32H24O6S/c1-17-11-13-19(14-12-17)20-7-4-5-10-25(20)39-31-28(27-22(32(36)37)15-18(2)16-24(27)38-3)29(34)21-8-6-9-23(33)26(21)30(31)35/h4-16,33H,1-3H3,(H,36,37). The average Bonchev–Trinajstić information content (AvgIpc) is 2.92. The number of hydrogen-bond donors (Lipinski definition) is 2. The molecule has 2 N–H and O–H groups in total. The lowest BCUT2D eigenvalue weighted by Crippen LogP contribution is -2.22. The molecule has 0 amide bonds. The lowest BCUT2D eigenvalue weighted by Gasteiger charge is -2.24. The van der Waals surface area contributed by atoms with Gasteiger partial charge in [-0.1, -0.05) is 71.9 Å². The van der Waals surface area contributed by atoms with E-state index in [4.69, 9.17) is 4.74 Å². The van der Waals surface area contributed by atoms with Crippen molar-refractivity contribution >= 4 is 34.9 Å². The summed E-state index contributed by atoms with van der Waals surface area (Å²) in [6.45, 7) is 3.72. The fourth-order valence-corrected chi connectivity index (χ4v) is 5.89. The van der Waals surface area contributed by atoms with E-state index in [1.165, 1.54) is 31.4 Å². The average molecular weight is 537 g/mol. The number of rotatable bonds is 6. The zero-order chi connectivity index (χ0) is 27.8. The first-order valence-corrected chi connectivity index (χ1v) is 12.9. The van der Waals surface area contributed by atoms with Crippen molar-refractivity contribution in [1.82, 2.24) is 0 Å². The normalized spacial score (nSPS) is 12.9. The van der Waals surface area contributed by atoms with Crippen LogP contribution >= 0.6 is 11.8 Å². The maximum atomic E-state index is 14.1. The van der Waals surface area contributed by atoms with Gasteiger partial charge in [-0.15, -0.1) is 0 Å². The first-order valence-electron chi connectivity index (χ1n) is 12.1. The van der Waals surface area contributed by atoms with Gasteiger partial charge in [-0.05, 0) is 54.8 Å². The summed E-state index contributed by atoms with van der Waals surface area (Å²) in [5, 5.41) is 20.7. The molecule has 6 nitrogen and oxygen atoms in total. The summed E-state index contributed by atoms with van der Waals surface area (Å²) in [7, 11) is 1.39. The zero-order valence-corrected chi connectivity index (χ0v) is 22.3. The number of phenolic OH excluding ortho intramolecular Hbond substituents is 1. The number of carbonyl (C=O) groups is 3. The number of ether oxygens (including phenoxy) is 1. The number of carboxylic acids is 1. The van der Waals surface area contributed by atoms with Crippen LogP contribution in [0.5, 0.6) is 11.5 Å². The molecule has 7 heteroatoms. The Labute approximate surface area is 229 Å². The van der Waals surface area contributed by atoms with Gasteiger partial charge in [0.2, 0.25) is 5.78 Å². The molecular weight excluding hydrogens is 512 g/mol. The van der Waals surface area contributed by atoms with Gasteiger partial charge in [-0.3, -0.25) is 9.59 Å². The molecule has 4 aromatic rings. The van der Waals surface area contributed by atoms with Gasteiger partial charge >= 0.3 is 5.97 Å². The number of benzene rings is 4. The molecule has 1 aliphatic carbocycles. The molecule has 0 radical (unpaired) electrons. The van der Waals surface area contributed by atoms with Crippen molar-refractivity contribution in [3.63, 3.8) is 0 Å². The third-order valence-corrected chi connectivity index (χ3v) is 7.75. The fourth-order valence-electron chi connectivity index (χ4n) is 4.74. The maximum absolute atomic E-state index is 14.1. The van der Waals surface area contributed by atoms with Gasteiger partial charge in [0.05, 0.1) is 28.7 Å². The minimum atomic E-state index is -1.26. The number of phenols is 1. The topological polar surface area (TPSA) is 101 Å². The van der Waals surface area contributed by atoms with E-state index in [0.29, 0.717) is 10.5 Å². The molecule has 194 valence electrons. The Morgan fingerprint density at radius 2 is 1.49 bits per heavy atom. The number of hydrogen-bond acceptors (Lipinski definition) is 6. The highest BCUT2D eigenvalue weighted by molar-refractivity contribution is 8.04. The number of Topliss-reactive ketones (excluding diaryl/α,β-unsaturated/α-hetero) is 2. The van der Waals surface area contributed by atoms with Crippen molar-refractivity contribution in [1.29, 1.82) is 0 Å². The van der Waals surface area contributed by atoms with Gasteiger partial charge in [0, 0.05) is 16.0 Å². The highest BCUT2D eigenvalue weighted by Crippen LogP contribution is 2.47. The van der Waals surface area contributed by atoms with Crippen LogP contribution < -0.4 is 4.74 Å². The van der Waals surface area contributed by atoms with Crippen LogP contribution in [0.3, 0.4) is 0 Å². The summed E-state index contributed by atoms with van der Waals surface area (Å²) in [4.78, 5) is 41.2.